The van der Waals surface area contributed by atoms with Crippen LogP contribution < -0.4 is 0 Å². The molecule has 1 fully saturated rings. The van der Waals surface area contributed by atoms with Gasteiger partial charge in [-0.3, -0.25) is 4.79 Å². The molecule has 1 aromatic rings. The summed E-state index contributed by atoms with van der Waals surface area (Å²) in [7, 11) is 0. The zero-order valence-corrected chi connectivity index (χ0v) is 11.2. The van der Waals surface area contributed by atoms with Crippen molar-refractivity contribution in [3.63, 3.8) is 0 Å². The summed E-state index contributed by atoms with van der Waals surface area (Å²) >= 11 is 0. The smallest absolute Gasteiger partial charge is 0.416 e. The Hall–Kier alpha value is -1.52. The first-order valence-corrected chi connectivity index (χ1v) is 6.68. The number of hydrogen-bond acceptors (Lipinski definition) is 1. The summed E-state index contributed by atoms with van der Waals surface area (Å²) in [6, 6.07) is 4.85. The number of carboxylic acid groups (broad SMARTS) is 1. The highest BCUT2D eigenvalue weighted by Gasteiger charge is 2.46. The maximum Gasteiger partial charge on any atom is 0.416 e. The predicted molar refractivity (Wildman–Crippen MR) is 68.4 cm³/mol. The van der Waals surface area contributed by atoms with Gasteiger partial charge in [0.05, 0.1) is 11.0 Å². The zero-order chi connectivity index (χ0) is 15.0. The molecular weight excluding hydrogens is 269 g/mol. The van der Waals surface area contributed by atoms with Crippen molar-refractivity contribution >= 4 is 5.97 Å². The highest BCUT2D eigenvalue weighted by atomic mass is 19.4. The first kappa shape index (κ1) is 14.9. The number of aliphatic carboxylic acids is 1. The first-order valence-electron chi connectivity index (χ1n) is 6.68. The summed E-state index contributed by atoms with van der Waals surface area (Å²) in [5.74, 6) is -1.13. The van der Waals surface area contributed by atoms with Gasteiger partial charge in [-0.05, 0) is 36.5 Å². The maximum atomic E-state index is 12.5. The SMILES string of the molecule is CC(c1ccc(C(F)(F)F)cc1)C1(C(=O)O)CCCC1. The monoisotopic (exact) mass is 286 g/mol. The van der Waals surface area contributed by atoms with Crippen molar-refractivity contribution in [1.29, 1.82) is 0 Å². The Kier molecular flexibility index (Phi) is 3.80. The number of rotatable bonds is 3. The lowest BCUT2D eigenvalue weighted by atomic mass is 9.71. The summed E-state index contributed by atoms with van der Waals surface area (Å²) < 4.78 is 37.6. The normalized spacial score (nSPS) is 19.8. The van der Waals surface area contributed by atoms with E-state index < -0.39 is 23.1 Å². The molecule has 0 aromatic heterocycles. The second-order valence-corrected chi connectivity index (χ2v) is 5.51. The molecule has 2 rings (SSSR count). The van der Waals surface area contributed by atoms with E-state index in [1.807, 2.05) is 0 Å². The Labute approximate surface area is 115 Å². The molecule has 110 valence electrons. The third-order valence-corrected chi connectivity index (χ3v) is 4.49. The maximum absolute atomic E-state index is 12.5. The summed E-state index contributed by atoms with van der Waals surface area (Å²) in [6.07, 6.45) is -1.47. The lowest BCUT2D eigenvalue weighted by molar-refractivity contribution is -0.150. The van der Waals surface area contributed by atoms with Gasteiger partial charge in [-0.25, -0.2) is 0 Å². The van der Waals surface area contributed by atoms with Gasteiger partial charge < -0.3 is 5.11 Å². The minimum absolute atomic E-state index is 0.287. The van der Waals surface area contributed by atoms with Crippen molar-refractivity contribution in [3.05, 3.63) is 35.4 Å². The third-order valence-electron chi connectivity index (χ3n) is 4.49. The Bertz CT molecular complexity index is 485. The molecule has 0 bridgehead atoms. The number of alkyl halides is 3. The van der Waals surface area contributed by atoms with E-state index in [-0.39, 0.29) is 5.92 Å². The van der Waals surface area contributed by atoms with Crippen molar-refractivity contribution in [2.24, 2.45) is 5.41 Å². The number of carboxylic acids is 1. The minimum atomic E-state index is -4.36. The van der Waals surface area contributed by atoms with Crippen LogP contribution in [0.5, 0.6) is 0 Å². The molecule has 20 heavy (non-hydrogen) atoms. The first-order chi connectivity index (χ1) is 9.27. The van der Waals surface area contributed by atoms with Crippen LogP contribution in [0.3, 0.4) is 0 Å². The number of hydrogen-bond donors (Lipinski definition) is 1. The molecule has 1 unspecified atom stereocenters. The van der Waals surface area contributed by atoms with E-state index >= 15 is 0 Å². The summed E-state index contributed by atoms with van der Waals surface area (Å²) in [4.78, 5) is 11.6. The van der Waals surface area contributed by atoms with Crippen molar-refractivity contribution in [2.75, 3.05) is 0 Å². The molecule has 0 heterocycles. The molecule has 0 amide bonds. The van der Waals surface area contributed by atoms with Gasteiger partial charge in [0, 0.05) is 0 Å². The van der Waals surface area contributed by atoms with Crippen LogP contribution in [0, 0.1) is 5.41 Å². The van der Waals surface area contributed by atoms with Gasteiger partial charge >= 0.3 is 12.1 Å². The summed E-state index contributed by atoms with van der Waals surface area (Å²) in [6.45, 7) is 1.79. The summed E-state index contributed by atoms with van der Waals surface area (Å²) in [5.41, 5.74) is -0.883. The van der Waals surface area contributed by atoms with Gasteiger partial charge in [-0.15, -0.1) is 0 Å². The fraction of sp³-hybridized carbons (Fsp3) is 0.533. The van der Waals surface area contributed by atoms with Gasteiger partial charge in [0.15, 0.2) is 0 Å². The van der Waals surface area contributed by atoms with E-state index in [9.17, 15) is 23.1 Å². The summed E-state index contributed by atoms with van der Waals surface area (Å²) in [5, 5.41) is 9.50. The Morgan fingerprint density at radius 1 is 1.20 bits per heavy atom. The van der Waals surface area contributed by atoms with Crippen molar-refractivity contribution < 1.29 is 23.1 Å². The molecule has 0 radical (unpaired) electrons. The van der Waals surface area contributed by atoms with Crippen LogP contribution in [0.15, 0.2) is 24.3 Å². The molecule has 0 aliphatic heterocycles. The third kappa shape index (κ3) is 2.53. The van der Waals surface area contributed by atoms with E-state index in [2.05, 4.69) is 0 Å². The molecule has 0 spiro atoms. The van der Waals surface area contributed by atoms with Crippen molar-refractivity contribution in [2.45, 2.75) is 44.7 Å². The lowest BCUT2D eigenvalue weighted by Gasteiger charge is -2.31. The zero-order valence-electron chi connectivity index (χ0n) is 11.2. The average Bonchev–Trinajstić information content (AvgIpc) is 2.87. The molecule has 1 aliphatic rings. The molecule has 1 aliphatic carbocycles. The van der Waals surface area contributed by atoms with E-state index in [0.29, 0.717) is 18.4 Å². The molecule has 5 heteroatoms. The Morgan fingerprint density at radius 2 is 1.70 bits per heavy atom. The Balaban J connectivity index is 2.29. The van der Waals surface area contributed by atoms with Crippen molar-refractivity contribution in [1.82, 2.24) is 0 Å². The van der Waals surface area contributed by atoms with Crippen LogP contribution in [0.2, 0.25) is 0 Å². The lowest BCUT2D eigenvalue weighted by Crippen LogP contribution is -2.33. The fourth-order valence-corrected chi connectivity index (χ4v) is 3.12. The molecule has 0 saturated heterocycles. The van der Waals surface area contributed by atoms with Gasteiger partial charge in [-0.1, -0.05) is 31.9 Å². The van der Waals surface area contributed by atoms with Crippen LogP contribution in [0.4, 0.5) is 13.2 Å². The topological polar surface area (TPSA) is 37.3 Å². The van der Waals surface area contributed by atoms with Gasteiger partial charge in [-0.2, -0.15) is 13.2 Å². The standard InChI is InChI=1S/C15H17F3O2/c1-10(14(13(19)20)8-2-3-9-14)11-4-6-12(7-5-11)15(16,17)18/h4-7,10H,2-3,8-9H2,1H3,(H,19,20). The van der Waals surface area contributed by atoms with Crippen LogP contribution in [-0.4, -0.2) is 11.1 Å². The quantitative estimate of drug-likeness (QED) is 0.891. The number of benzene rings is 1. The predicted octanol–water partition coefficient (Wildman–Crippen LogP) is 4.45. The fourth-order valence-electron chi connectivity index (χ4n) is 3.12. The average molecular weight is 286 g/mol. The van der Waals surface area contributed by atoms with Crippen LogP contribution >= 0.6 is 0 Å². The molecule has 1 atom stereocenters. The van der Waals surface area contributed by atoms with Crippen molar-refractivity contribution in [3.8, 4) is 0 Å². The van der Waals surface area contributed by atoms with E-state index in [1.165, 1.54) is 12.1 Å². The van der Waals surface area contributed by atoms with E-state index in [0.717, 1.165) is 25.0 Å². The highest BCUT2D eigenvalue weighted by Crippen LogP contribution is 2.49. The van der Waals surface area contributed by atoms with Gasteiger partial charge in [0.2, 0.25) is 0 Å². The highest BCUT2D eigenvalue weighted by molar-refractivity contribution is 5.76. The number of halogens is 3. The molecule has 1 N–H and O–H groups in total. The van der Waals surface area contributed by atoms with E-state index in [1.54, 1.807) is 6.92 Å². The van der Waals surface area contributed by atoms with Crippen LogP contribution in [-0.2, 0) is 11.0 Å². The van der Waals surface area contributed by atoms with Crippen LogP contribution in [0.1, 0.15) is 49.7 Å². The molecule has 2 nitrogen and oxygen atoms in total. The second kappa shape index (κ2) is 5.11. The largest absolute Gasteiger partial charge is 0.481 e. The number of carbonyl (C=O) groups is 1. The molecular formula is C15H17F3O2. The molecule has 1 saturated carbocycles. The van der Waals surface area contributed by atoms with Gasteiger partial charge in [0.1, 0.15) is 0 Å². The van der Waals surface area contributed by atoms with E-state index in [4.69, 9.17) is 0 Å². The van der Waals surface area contributed by atoms with Crippen LogP contribution in [0.25, 0.3) is 0 Å². The second-order valence-electron chi connectivity index (χ2n) is 5.51. The minimum Gasteiger partial charge on any atom is -0.481 e. The Morgan fingerprint density at radius 3 is 2.10 bits per heavy atom. The van der Waals surface area contributed by atoms with Gasteiger partial charge in [0.25, 0.3) is 0 Å². The molecule has 1 aromatic carbocycles.